The highest BCUT2D eigenvalue weighted by atomic mass is 127. The lowest BCUT2D eigenvalue weighted by atomic mass is 10.1. The van der Waals surface area contributed by atoms with Gasteiger partial charge in [0.1, 0.15) is 0 Å². The van der Waals surface area contributed by atoms with Crippen LogP contribution in [-0.4, -0.2) is 98.4 Å². The first-order valence-electron chi connectivity index (χ1n) is 11.4. The molecular formula is C23H37IN6O2. The number of guanidine groups is 1. The minimum Gasteiger partial charge on any atom is -0.357 e. The second-order valence-corrected chi connectivity index (χ2v) is 8.12. The van der Waals surface area contributed by atoms with Crippen molar-refractivity contribution >= 4 is 41.8 Å². The molecule has 0 unspecified atom stereocenters. The lowest BCUT2D eigenvalue weighted by Gasteiger charge is -2.36. The molecule has 0 saturated carbocycles. The largest absolute Gasteiger partial charge is 0.357 e. The number of hydrogen-bond acceptors (Lipinski definition) is 4. The first-order valence-corrected chi connectivity index (χ1v) is 11.4. The number of hydrogen-bond donors (Lipinski definition) is 2. The molecule has 2 heterocycles. The van der Waals surface area contributed by atoms with Gasteiger partial charge in [0.25, 0.3) is 5.91 Å². The highest BCUT2D eigenvalue weighted by Gasteiger charge is 2.24. The van der Waals surface area contributed by atoms with Crippen LogP contribution < -0.4 is 10.6 Å². The van der Waals surface area contributed by atoms with E-state index in [0.717, 1.165) is 76.6 Å². The Hall–Kier alpha value is -1.88. The zero-order valence-electron chi connectivity index (χ0n) is 19.3. The van der Waals surface area contributed by atoms with Crippen molar-refractivity contribution in [3.8, 4) is 0 Å². The fraction of sp³-hybridized carbons (Fsp3) is 0.609. The summed E-state index contributed by atoms with van der Waals surface area (Å²) in [6.07, 6.45) is 3.06. The summed E-state index contributed by atoms with van der Waals surface area (Å²) in [5.74, 6) is 1.13. The molecule has 2 N–H and O–H groups in total. The van der Waals surface area contributed by atoms with Gasteiger partial charge < -0.3 is 20.4 Å². The van der Waals surface area contributed by atoms with E-state index in [0.29, 0.717) is 18.7 Å². The Morgan fingerprint density at radius 3 is 2.41 bits per heavy atom. The molecule has 8 nitrogen and oxygen atoms in total. The van der Waals surface area contributed by atoms with Crippen molar-refractivity contribution in [2.75, 3.05) is 66.0 Å². The van der Waals surface area contributed by atoms with Crippen LogP contribution in [0.25, 0.3) is 0 Å². The summed E-state index contributed by atoms with van der Waals surface area (Å²) >= 11 is 0. The van der Waals surface area contributed by atoms with Gasteiger partial charge in [0, 0.05) is 65.0 Å². The topological polar surface area (TPSA) is 80.3 Å². The number of carbonyl (C=O) groups is 2. The van der Waals surface area contributed by atoms with E-state index >= 15 is 0 Å². The maximum Gasteiger partial charge on any atom is 0.251 e. The molecule has 0 spiro atoms. The van der Waals surface area contributed by atoms with Gasteiger partial charge >= 0.3 is 0 Å². The van der Waals surface area contributed by atoms with E-state index in [-0.39, 0.29) is 35.8 Å². The van der Waals surface area contributed by atoms with Crippen LogP contribution in [0.2, 0.25) is 0 Å². The average Bonchev–Trinajstić information content (AvgIpc) is 3.34. The zero-order chi connectivity index (χ0) is 22.1. The first-order chi connectivity index (χ1) is 15.1. The number of rotatable bonds is 7. The molecule has 0 radical (unpaired) electrons. The molecule has 2 amide bonds. The van der Waals surface area contributed by atoms with Crippen molar-refractivity contribution in [2.24, 2.45) is 4.99 Å². The molecule has 32 heavy (non-hydrogen) atoms. The minimum atomic E-state index is -0.0697. The summed E-state index contributed by atoms with van der Waals surface area (Å²) in [4.78, 5) is 35.6. The second kappa shape index (κ2) is 13.6. The Bertz CT molecular complexity index is 774. The Balaban J connectivity index is 0.00000363. The monoisotopic (exact) mass is 556 g/mol. The lowest BCUT2D eigenvalue weighted by molar-refractivity contribution is -0.131. The van der Waals surface area contributed by atoms with Crippen LogP contribution in [-0.2, 0) is 11.2 Å². The summed E-state index contributed by atoms with van der Waals surface area (Å²) in [5.41, 5.74) is 1.78. The van der Waals surface area contributed by atoms with Crippen LogP contribution >= 0.6 is 24.0 Å². The smallest absolute Gasteiger partial charge is 0.251 e. The molecule has 0 atom stereocenters. The third kappa shape index (κ3) is 7.61. The lowest BCUT2D eigenvalue weighted by Crippen LogP contribution is -2.54. The molecule has 2 fully saturated rings. The molecule has 0 aliphatic carbocycles. The van der Waals surface area contributed by atoms with Crippen LogP contribution in [0.5, 0.6) is 0 Å². The minimum absolute atomic E-state index is 0. The fourth-order valence-electron chi connectivity index (χ4n) is 4.10. The van der Waals surface area contributed by atoms with Crippen LogP contribution in [0.15, 0.2) is 29.3 Å². The van der Waals surface area contributed by atoms with Gasteiger partial charge in [0.15, 0.2) is 5.96 Å². The van der Waals surface area contributed by atoms with Gasteiger partial charge in [-0.05, 0) is 43.9 Å². The Morgan fingerprint density at radius 1 is 1.03 bits per heavy atom. The maximum absolute atomic E-state index is 12.4. The van der Waals surface area contributed by atoms with Crippen LogP contribution in [0.4, 0.5) is 0 Å². The highest BCUT2D eigenvalue weighted by Crippen LogP contribution is 2.10. The molecule has 0 bridgehead atoms. The van der Waals surface area contributed by atoms with Crippen LogP contribution in [0.3, 0.4) is 0 Å². The van der Waals surface area contributed by atoms with Gasteiger partial charge in [0.05, 0.1) is 6.54 Å². The number of likely N-dealkylation sites (tertiary alicyclic amines) is 1. The van der Waals surface area contributed by atoms with Gasteiger partial charge in [-0.25, -0.2) is 0 Å². The summed E-state index contributed by atoms with van der Waals surface area (Å²) in [6, 6.07) is 7.70. The molecular weight excluding hydrogens is 519 g/mol. The predicted octanol–water partition coefficient (Wildman–Crippen LogP) is 1.41. The van der Waals surface area contributed by atoms with Crippen molar-refractivity contribution in [3.63, 3.8) is 0 Å². The molecule has 2 saturated heterocycles. The number of benzene rings is 1. The normalized spacial score (nSPS) is 17.1. The molecule has 0 aromatic heterocycles. The number of nitrogens with one attached hydrogen (secondary N) is 2. The fourth-order valence-corrected chi connectivity index (χ4v) is 4.10. The Morgan fingerprint density at radius 2 is 1.75 bits per heavy atom. The van der Waals surface area contributed by atoms with Gasteiger partial charge in [-0.15, -0.1) is 24.0 Å². The molecule has 178 valence electrons. The van der Waals surface area contributed by atoms with Crippen molar-refractivity contribution in [1.82, 2.24) is 25.3 Å². The molecule has 3 rings (SSSR count). The quantitative estimate of drug-likeness (QED) is 0.302. The summed E-state index contributed by atoms with van der Waals surface area (Å²) < 4.78 is 0. The Kier molecular flexibility index (Phi) is 11.2. The van der Waals surface area contributed by atoms with Crippen LogP contribution in [0, 0.1) is 0 Å². The van der Waals surface area contributed by atoms with Crippen molar-refractivity contribution in [2.45, 2.75) is 26.2 Å². The standard InChI is InChI=1S/C23H36N6O2.HI/c1-3-25-23(26-10-9-19-7-6-8-20(17-19)22(31)24-2)29-15-13-27(14-16-29)18-21(30)28-11-4-5-12-28;/h6-8,17H,3-5,9-16,18H2,1-2H3,(H,24,31)(H,25,26);1H. The molecule has 1 aromatic rings. The number of piperazine rings is 1. The number of halogens is 1. The first kappa shape index (κ1) is 26.4. The van der Waals surface area contributed by atoms with Crippen LogP contribution in [0.1, 0.15) is 35.7 Å². The van der Waals surface area contributed by atoms with Gasteiger partial charge in [-0.3, -0.25) is 19.5 Å². The zero-order valence-corrected chi connectivity index (χ0v) is 21.6. The van der Waals surface area contributed by atoms with Gasteiger partial charge in [-0.1, -0.05) is 12.1 Å². The number of amides is 2. The highest BCUT2D eigenvalue weighted by molar-refractivity contribution is 14.0. The molecule has 1 aromatic carbocycles. The van der Waals surface area contributed by atoms with Gasteiger partial charge in [-0.2, -0.15) is 0 Å². The van der Waals surface area contributed by atoms with Crippen molar-refractivity contribution in [1.29, 1.82) is 0 Å². The third-order valence-electron chi connectivity index (χ3n) is 5.90. The Labute approximate surface area is 208 Å². The van der Waals surface area contributed by atoms with Gasteiger partial charge in [0.2, 0.25) is 5.91 Å². The van der Waals surface area contributed by atoms with Crippen molar-refractivity contribution < 1.29 is 9.59 Å². The predicted molar refractivity (Wildman–Crippen MR) is 139 cm³/mol. The molecule has 2 aliphatic heterocycles. The van der Waals surface area contributed by atoms with E-state index in [9.17, 15) is 9.59 Å². The van der Waals surface area contributed by atoms with E-state index in [2.05, 4.69) is 27.4 Å². The van der Waals surface area contributed by atoms with E-state index in [1.807, 2.05) is 29.2 Å². The van der Waals surface area contributed by atoms with E-state index < -0.39 is 0 Å². The molecule has 2 aliphatic rings. The van der Waals surface area contributed by atoms with E-state index in [4.69, 9.17) is 4.99 Å². The average molecular weight is 556 g/mol. The summed E-state index contributed by atoms with van der Waals surface area (Å²) in [5, 5.41) is 6.06. The second-order valence-electron chi connectivity index (χ2n) is 8.12. The SMILES string of the molecule is CCNC(=NCCc1cccc(C(=O)NC)c1)N1CCN(CC(=O)N2CCCC2)CC1.I. The number of carbonyl (C=O) groups excluding carboxylic acids is 2. The summed E-state index contributed by atoms with van der Waals surface area (Å²) in [6.45, 7) is 9.40. The van der Waals surface area contributed by atoms with Crippen molar-refractivity contribution in [3.05, 3.63) is 35.4 Å². The number of nitrogens with zero attached hydrogens (tertiary/aromatic N) is 4. The summed E-state index contributed by atoms with van der Waals surface area (Å²) in [7, 11) is 1.64. The van der Waals surface area contributed by atoms with E-state index in [1.54, 1.807) is 7.05 Å². The third-order valence-corrected chi connectivity index (χ3v) is 5.90. The molecule has 9 heteroatoms. The van der Waals surface area contributed by atoms with E-state index in [1.165, 1.54) is 0 Å². The number of aliphatic imine (C=N–C) groups is 1. The maximum atomic E-state index is 12.4.